The summed E-state index contributed by atoms with van der Waals surface area (Å²) in [6.07, 6.45) is 0.955. The van der Waals surface area contributed by atoms with Crippen molar-refractivity contribution in [2.45, 2.75) is 45.7 Å². The number of aryl methyl sites for hydroxylation is 1. The van der Waals surface area contributed by atoms with E-state index in [2.05, 4.69) is 38.2 Å². The second kappa shape index (κ2) is 4.73. The van der Waals surface area contributed by atoms with Crippen molar-refractivity contribution in [3.8, 4) is 0 Å². The molecule has 1 heterocycles. The average Bonchev–Trinajstić information content (AvgIpc) is 2.39. The molecular formula is C15H22N2O. The van der Waals surface area contributed by atoms with E-state index >= 15 is 0 Å². The highest BCUT2D eigenvalue weighted by Gasteiger charge is 2.36. The number of nitrogens with one attached hydrogen (secondary N) is 1. The highest BCUT2D eigenvalue weighted by atomic mass is 16.2. The number of hydrogen-bond acceptors (Lipinski definition) is 2. The fourth-order valence-electron chi connectivity index (χ4n) is 2.46. The monoisotopic (exact) mass is 246 g/mol. The minimum atomic E-state index is -0.149. The minimum Gasteiger partial charge on any atom is -0.306 e. The maximum absolute atomic E-state index is 12.5. The molecule has 3 heteroatoms. The zero-order valence-corrected chi connectivity index (χ0v) is 11.7. The molecule has 1 aliphatic heterocycles. The number of hydrogen-bond donors (Lipinski definition) is 1. The molecule has 1 aromatic rings. The van der Waals surface area contributed by atoms with Gasteiger partial charge in [0.2, 0.25) is 5.91 Å². The summed E-state index contributed by atoms with van der Waals surface area (Å²) in [5.41, 5.74) is 2.06. The Kier molecular flexibility index (Phi) is 3.44. The van der Waals surface area contributed by atoms with Crippen molar-refractivity contribution in [1.82, 2.24) is 5.32 Å². The van der Waals surface area contributed by atoms with E-state index in [1.165, 1.54) is 5.56 Å². The third-order valence-corrected chi connectivity index (χ3v) is 3.68. The lowest BCUT2D eigenvalue weighted by Gasteiger charge is -2.37. The molecule has 1 aliphatic rings. The van der Waals surface area contributed by atoms with E-state index in [1.54, 1.807) is 0 Å². The maximum atomic E-state index is 12.5. The molecule has 0 aliphatic carbocycles. The van der Waals surface area contributed by atoms with E-state index < -0.39 is 0 Å². The Hall–Kier alpha value is -1.35. The summed E-state index contributed by atoms with van der Waals surface area (Å²) in [5, 5.41) is 3.27. The van der Waals surface area contributed by atoms with E-state index in [-0.39, 0.29) is 17.5 Å². The minimum absolute atomic E-state index is 0.118. The van der Waals surface area contributed by atoms with Gasteiger partial charge in [-0.15, -0.1) is 0 Å². The third-order valence-electron chi connectivity index (χ3n) is 3.68. The molecule has 0 spiro atoms. The Labute approximate surface area is 109 Å². The van der Waals surface area contributed by atoms with E-state index in [9.17, 15) is 4.79 Å². The molecule has 1 aromatic carbocycles. The molecule has 0 bridgehead atoms. The first-order chi connectivity index (χ1) is 8.42. The van der Waals surface area contributed by atoms with E-state index in [0.717, 1.165) is 18.7 Å². The summed E-state index contributed by atoms with van der Waals surface area (Å²) in [6.45, 7) is 9.13. The lowest BCUT2D eigenvalue weighted by molar-refractivity contribution is -0.120. The van der Waals surface area contributed by atoms with Crippen molar-refractivity contribution in [1.29, 1.82) is 0 Å². The number of carbonyl (C=O) groups excluding carboxylic acids is 1. The zero-order valence-electron chi connectivity index (χ0n) is 11.7. The molecule has 0 aromatic heterocycles. The number of benzene rings is 1. The number of rotatable bonds is 1. The molecule has 0 saturated carbocycles. The molecule has 0 radical (unpaired) electrons. The van der Waals surface area contributed by atoms with Gasteiger partial charge in [-0.2, -0.15) is 0 Å². The van der Waals surface area contributed by atoms with Gasteiger partial charge in [-0.3, -0.25) is 4.79 Å². The quantitative estimate of drug-likeness (QED) is 0.825. The van der Waals surface area contributed by atoms with Crippen LogP contribution in [0, 0.1) is 6.92 Å². The standard InChI is InChI=1S/C15H22N2O/c1-11-5-7-13(8-6-11)17-14(18)12(2)16-10-9-15(17,3)4/h5-8,12,16H,9-10H2,1-4H3. The second-order valence-corrected chi connectivity index (χ2v) is 5.75. The van der Waals surface area contributed by atoms with Gasteiger partial charge in [-0.1, -0.05) is 17.7 Å². The van der Waals surface area contributed by atoms with E-state index in [0.29, 0.717) is 0 Å². The highest BCUT2D eigenvalue weighted by molar-refractivity contribution is 5.98. The van der Waals surface area contributed by atoms with Gasteiger partial charge in [0, 0.05) is 11.2 Å². The second-order valence-electron chi connectivity index (χ2n) is 5.75. The molecule has 98 valence electrons. The van der Waals surface area contributed by atoms with Crippen LogP contribution in [0.3, 0.4) is 0 Å². The topological polar surface area (TPSA) is 32.3 Å². The first-order valence-corrected chi connectivity index (χ1v) is 6.56. The lowest BCUT2D eigenvalue weighted by Crippen LogP contribution is -2.50. The molecule has 1 unspecified atom stereocenters. The number of anilines is 1. The molecule has 1 amide bonds. The van der Waals surface area contributed by atoms with Crippen LogP contribution in [-0.4, -0.2) is 24.0 Å². The molecular weight excluding hydrogens is 224 g/mol. The molecule has 1 atom stereocenters. The van der Waals surface area contributed by atoms with Gasteiger partial charge in [0.15, 0.2) is 0 Å². The molecule has 1 N–H and O–H groups in total. The summed E-state index contributed by atoms with van der Waals surface area (Å²) >= 11 is 0. The van der Waals surface area contributed by atoms with Crippen molar-refractivity contribution in [3.05, 3.63) is 29.8 Å². The van der Waals surface area contributed by atoms with Crippen LogP contribution in [0.1, 0.15) is 32.8 Å². The molecule has 3 nitrogen and oxygen atoms in total. The Morgan fingerprint density at radius 2 is 1.89 bits per heavy atom. The summed E-state index contributed by atoms with van der Waals surface area (Å²) in [7, 11) is 0. The van der Waals surface area contributed by atoms with Gasteiger partial charge in [0.25, 0.3) is 0 Å². The van der Waals surface area contributed by atoms with Crippen LogP contribution in [0.15, 0.2) is 24.3 Å². The fourth-order valence-corrected chi connectivity index (χ4v) is 2.46. The van der Waals surface area contributed by atoms with Crippen molar-refractivity contribution in [3.63, 3.8) is 0 Å². The first kappa shape index (κ1) is 13.1. The summed E-state index contributed by atoms with van der Waals surface area (Å²) < 4.78 is 0. The SMILES string of the molecule is Cc1ccc(N2C(=O)C(C)NCCC2(C)C)cc1. The van der Waals surface area contributed by atoms with Gasteiger partial charge >= 0.3 is 0 Å². The van der Waals surface area contributed by atoms with Gasteiger partial charge in [-0.05, 0) is 52.8 Å². The Morgan fingerprint density at radius 3 is 2.50 bits per heavy atom. The van der Waals surface area contributed by atoms with Gasteiger partial charge in [0.05, 0.1) is 6.04 Å². The third kappa shape index (κ3) is 2.41. The predicted molar refractivity (Wildman–Crippen MR) is 74.8 cm³/mol. The van der Waals surface area contributed by atoms with Gasteiger partial charge in [0.1, 0.15) is 0 Å². The zero-order chi connectivity index (χ0) is 13.3. The Bertz CT molecular complexity index is 436. The molecule has 2 rings (SSSR count). The fraction of sp³-hybridized carbons (Fsp3) is 0.533. The van der Waals surface area contributed by atoms with Crippen LogP contribution >= 0.6 is 0 Å². The smallest absolute Gasteiger partial charge is 0.244 e. The lowest BCUT2D eigenvalue weighted by atomic mass is 9.97. The first-order valence-electron chi connectivity index (χ1n) is 6.56. The molecule has 18 heavy (non-hydrogen) atoms. The number of nitrogens with zero attached hydrogens (tertiary/aromatic N) is 1. The van der Waals surface area contributed by atoms with Crippen LogP contribution in [-0.2, 0) is 4.79 Å². The summed E-state index contributed by atoms with van der Waals surface area (Å²) in [4.78, 5) is 14.5. The molecule has 1 fully saturated rings. The van der Waals surface area contributed by atoms with Crippen molar-refractivity contribution < 1.29 is 4.79 Å². The van der Waals surface area contributed by atoms with Crippen LogP contribution in [0.4, 0.5) is 5.69 Å². The normalized spacial score (nSPS) is 23.9. The number of carbonyl (C=O) groups is 1. The van der Waals surface area contributed by atoms with Gasteiger partial charge < -0.3 is 10.2 Å². The maximum Gasteiger partial charge on any atom is 0.244 e. The van der Waals surface area contributed by atoms with Crippen molar-refractivity contribution in [2.75, 3.05) is 11.4 Å². The summed E-state index contributed by atoms with van der Waals surface area (Å²) in [6, 6.07) is 8.07. The van der Waals surface area contributed by atoms with Crippen LogP contribution in [0.5, 0.6) is 0 Å². The van der Waals surface area contributed by atoms with Crippen LogP contribution in [0.25, 0.3) is 0 Å². The van der Waals surface area contributed by atoms with Crippen molar-refractivity contribution in [2.24, 2.45) is 0 Å². The Balaban J connectivity index is 2.42. The van der Waals surface area contributed by atoms with Gasteiger partial charge in [-0.25, -0.2) is 0 Å². The van der Waals surface area contributed by atoms with Crippen LogP contribution < -0.4 is 10.2 Å². The van der Waals surface area contributed by atoms with E-state index in [1.807, 2.05) is 24.0 Å². The van der Waals surface area contributed by atoms with Crippen molar-refractivity contribution >= 4 is 11.6 Å². The average molecular weight is 246 g/mol. The highest BCUT2D eigenvalue weighted by Crippen LogP contribution is 2.29. The largest absolute Gasteiger partial charge is 0.306 e. The predicted octanol–water partition coefficient (Wildman–Crippen LogP) is 2.49. The van der Waals surface area contributed by atoms with E-state index in [4.69, 9.17) is 0 Å². The Morgan fingerprint density at radius 1 is 1.28 bits per heavy atom. The number of amides is 1. The van der Waals surface area contributed by atoms with Crippen LogP contribution in [0.2, 0.25) is 0 Å². The molecule has 1 saturated heterocycles. The summed E-state index contributed by atoms with van der Waals surface area (Å²) in [5.74, 6) is 0.154.